The average molecular weight is 393 g/mol. The van der Waals surface area contributed by atoms with Crippen LogP contribution in [0.2, 0.25) is 0 Å². The molecule has 3 rings (SSSR count). The molecule has 6 heteroatoms. The number of nitrogens with zero attached hydrogens (tertiary/aromatic N) is 2. The molecule has 0 spiro atoms. The van der Waals surface area contributed by atoms with E-state index in [0.717, 1.165) is 29.1 Å². The van der Waals surface area contributed by atoms with Gasteiger partial charge in [0.15, 0.2) is 0 Å². The van der Waals surface area contributed by atoms with Gasteiger partial charge >= 0.3 is 6.09 Å². The van der Waals surface area contributed by atoms with Crippen LogP contribution >= 0.6 is 0 Å². The summed E-state index contributed by atoms with van der Waals surface area (Å²) in [7, 11) is 1.96. The summed E-state index contributed by atoms with van der Waals surface area (Å²) in [5.41, 5.74) is 3.09. The van der Waals surface area contributed by atoms with Gasteiger partial charge in [-0.25, -0.2) is 4.79 Å². The van der Waals surface area contributed by atoms with E-state index in [-0.39, 0.29) is 5.92 Å². The number of anilines is 2. The van der Waals surface area contributed by atoms with E-state index in [1.165, 1.54) is 0 Å². The minimum absolute atomic E-state index is 0.174. The molecule has 152 valence electrons. The number of rotatable bonds is 4. The fraction of sp³-hybridized carbons (Fsp3) is 0.391. The number of benzene rings is 2. The van der Waals surface area contributed by atoms with Crippen LogP contribution in [-0.2, 0) is 4.74 Å². The third-order valence-corrected chi connectivity index (χ3v) is 4.80. The Morgan fingerprint density at radius 1 is 1.28 bits per heavy atom. The van der Waals surface area contributed by atoms with E-state index in [4.69, 9.17) is 14.7 Å². The minimum Gasteiger partial charge on any atom is -0.493 e. The molecule has 0 aromatic heterocycles. The predicted molar refractivity (Wildman–Crippen MR) is 113 cm³/mol. The van der Waals surface area contributed by atoms with Crippen molar-refractivity contribution in [1.82, 2.24) is 5.32 Å². The van der Waals surface area contributed by atoms with E-state index in [1.54, 1.807) is 6.07 Å². The number of hydrogen-bond donors (Lipinski definition) is 1. The van der Waals surface area contributed by atoms with Gasteiger partial charge in [0.2, 0.25) is 0 Å². The molecule has 29 heavy (non-hydrogen) atoms. The van der Waals surface area contributed by atoms with Crippen LogP contribution < -0.4 is 15.0 Å². The minimum atomic E-state index is -0.514. The number of nitriles is 1. The van der Waals surface area contributed by atoms with Crippen molar-refractivity contribution in [2.45, 2.75) is 38.7 Å². The smallest absolute Gasteiger partial charge is 0.407 e. The quantitative estimate of drug-likeness (QED) is 0.814. The third-order valence-electron chi connectivity index (χ3n) is 4.80. The van der Waals surface area contributed by atoms with Crippen molar-refractivity contribution in [3.8, 4) is 11.8 Å². The van der Waals surface area contributed by atoms with Crippen LogP contribution in [0.25, 0.3) is 0 Å². The van der Waals surface area contributed by atoms with Crippen molar-refractivity contribution in [3.63, 3.8) is 0 Å². The lowest BCUT2D eigenvalue weighted by Gasteiger charge is -2.29. The highest BCUT2D eigenvalue weighted by Crippen LogP contribution is 2.37. The summed E-state index contributed by atoms with van der Waals surface area (Å²) in [6.07, 6.45) is 0.432. The molecule has 6 nitrogen and oxygen atoms in total. The number of alkyl carbamates (subject to hydrolysis) is 1. The lowest BCUT2D eigenvalue weighted by molar-refractivity contribution is 0.0521. The molecular formula is C23H27N3O3. The first-order valence-corrected chi connectivity index (χ1v) is 9.74. The Bertz CT molecular complexity index is 928. The van der Waals surface area contributed by atoms with Gasteiger partial charge in [0.05, 0.1) is 18.2 Å². The molecule has 2 aromatic carbocycles. The van der Waals surface area contributed by atoms with Crippen LogP contribution in [0.1, 0.15) is 44.2 Å². The Morgan fingerprint density at radius 2 is 2.03 bits per heavy atom. The molecule has 1 N–H and O–H groups in total. The van der Waals surface area contributed by atoms with Crippen LogP contribution in [0.5, 0.6) is 5.75 Å². The maximum atomic E-state index is 12.0. The standard InChI is InChI=1S/C23H27N3O3/c1-23(2,3)29-22(27)25-15-17-10-11-28-21-13-19(8-9-20(17)21)26(4)18-7-5-6-16(12-18)14-24/h5-9,12-13,17H,10-11,15H2,1-4H3,(H,25,27)/t17-/m0/s1. The molecule has 0 saturated heterocycles. The second kappa shape index (κ2) is 8.44. The van der Waals surface area contributed by atoms with E-state index in [9.17, 15) is 4.79 Å². The fourth-order valence-electron chi connectivity index (χ4n) is 3.33. The Morgan fingerprint density at radius 3 is 2.76 bits per heavy atom. The van der Waals surface area contributed by atoms with Crippen LogP contribution in [0.4, 0.5) is 16.2 Å². The highest BCUT2D eigenvalue weighted by atomic mass is 16.6. The number of carbonyl (C=O) groups is 1. The normalized spacial score (nSPS) is 15.5. The first kappa shape index (κ1) is 20.5. The van der Waals surface area contributed by atoms with Crippen LogP contribution in [0, 0.1) is 11.3 Å². The van der Waals surface area contributed by atoms with E-state index in [2.05, 4.69) is 17.5 Å². The maximum Gasteiger partial charge on any atom is 0.407 e. The monoisotopic (exact) mass is 393 g/mol. The summed E-state index contributed by atoms with van der Waals surface area (Å²) in [6, 6.07) is 15.7. The molecule has 1 amide bonds. The van der Waals surface area contributed by atoms with Crippen molar-refractivity contribution < 1.29 is 14.3 Å². The summed E-state index contributed by atoms with van der Waals surface area (Å²) in [6.45, 7) is 6.65. The lowest BCUT2D eigenvalue weighted by Crippen LogP contribution is -2.35. The summed E-state index contributed by atoms with van der Waals surface area (Å²) in [5, 5.41) is 12.0. The molecule has 1 atom stereocenters. The van der Waals surface area contributed by atoms with Crippen molar-refractivity contribution in [2.24, 2.45) is 0 Å². The summed E-state index contributed by atoms with van der Waals surface area (Å²) >= 11 is 0. The number of amides is 1. The van der Waals surface area contributed by atoms with E-state index in [0.29, 0.717) is 18.7 Å². The Labute approximate surface area is 172 Å². The lowest BCUT2D eigenvalue weighted by atomic mass is 9.92. The largest absolute Gasteiger partial charge is 0.493 e. The zero-order chi connectivity index (χ0) is 21.0. The van der Waals surface area contributed by atoms with Gasteiger partial charge < -0.3 is 19.7 Å². The SMILES string of the molecule is CN(c1cccc(C#N)c1)c1ccc2c(c1)OCC[C@H]2CNC(=O)OC(C)(C)C. The molecule has 0 radical (unpaired) electrons. The molecule has 2 aromatic rings. The molecule has 0 fully saturated rings. The van der Waals surface area contributed by atoms with Crippen molar-refractivity contribution in [1.29, 1.82) is 5.26 Å². The van der Waals surface area contributed by atoms with Gasteiger partial charge in [0.25, 0.3) is 0 Å². The van der Waals surface area contributed by atoms with Crippen molar-refractivity contribution >= 4 is 17.5 Å². The number of carbonyl (C=O) groups excluding carboxylic acids is 1. The molecule has 1 heterocycles. The first-order chi connectivity index (χ1) is 13.8. The van der Waals surface area contributed by atoms with Gasteiger partial charge in [-0.2, -0.15) is 5.26 Å². The summed E-state index contributed by atoms with van der Waals surface area (Å²) < 4.78 is 11.2. The number of ether oxygens (including phenoxy) is 2. The summed E-state index contributed by atoms with van der Waals surface area (Å²) in [4.78, 5) is 14.0. The van der Waals surface area contributed by atoms with Gasteiger partial charge in [-0.1, -0.05) is 12.1 Å². The van der Waals surface area contributed by atoms with Crippen LogP contribution in [0.3, 0.4) is 0 Å². The Balaban J connectivity index is 1.73. The second-order valence-corrected chi connectivity index (χ2v) is 8.16. The number of fused-ring (bicyclic) bond motifs is 1. The highest BCUT2D eigenvalue weighted by Gasteiger charge is 2.24. The van der Waals surface area contributed by atoms with Gasteiger partial charge in [0, 0.05) is 37.0 Å². The molecule has 0 saturated carbocycles. The Kier molecular flexibility index (Phi) is 5.97. The third kappa shape index (κ3) is 5.20. The molecule has 1 aliphatic rings. The second-order valence-electron chi connectivity index (χ2n) is 8.16. The maximum absolute atomic E-state index is 12.0. The molecule has 0 aliphatic carbocycles. The number of hydrogen-bond acceptors (Lipinski definition) is 5. The molecular weight excluding hydrogens is 366 g/mol. The average Bonchev–Trinajstić information content (AvgIpc) is 2.70. The van der Waals surface area contributed by atoms with E-state index < -0.39 is 11.7 Å². The topological polar surface area (TPSA) is 74.6 Å². The van der Waals surface area contributed by atoms with Gasteiger partial charge in [-0.15, -0.1) is 0 Å². The van der Waals surface area contributed by atoms with Crippen molar-refractivity contribution in [2.75, 3.05) is 25.1 Å². The predicted octanol–water partition coefficient (Wildman–Crippen LogP) is 4.72. The van der Waals surface area contributed by atoms with Crippen LogP contribution in [-0.4, -0.2) is 31.9 Å². The van der Waals surface area contributed by atoms with Gasteiger partial charge in [0.1, 0.15) is 11.4 Å². The zero-order valence-corrected chi connectivity index (χ0v) is 17.4. The van der Waals surface area contributed by atoms with Gasteiger partial charge in [-0.05, 0) is 57.0 Å². The fourth-order valence-corrected chi connectivity index (χ4v) is 3.33. The Hall–Kier alpha value is -3.20. The van der Waals surface area contributed by atoms with E-state index in [1.807, 2.05) is 63.1 Å². The van der Waals surface area contributed by atoms with E-state index >= 15 is 0 Å². The summed E-state index contributed by atoms with van der Waals surface area (Å²) in [5.74, 6) is 1.00. The van der Waals surface area contributed by atoms with Crippen LogP contribution in [0.15, 0.2) is 42.5 Å². The zero-order valence-electron chi connectivity index (χ0n) is 17.4. The molecule has 0 bridgehead atoms. The highest BCUT2D eigenvalue weighted by molar-refractivity contribution is 5.68. The number of nitrogens with one attached hydrogen (secondary N) is 1. The molecule has 1 aliphatic heterocycles. The van der Waals surface area contributed by atoms with Gasteiger partial charge in [-0.3, -0.25) is 0 Å². The first-order valence-electron chi connectivity index (χ1n) is 9.74. The molecule has 0 unspecified atom stereocenters. The van der Waals surface area contributed by atoms with Crippen molar-refractivity contribution in [3.05, 3.63) is 53.6 Å².